The van der Waals surface area contributed by atoms with E-state index in [1.807, 2.05) is 11.9 Å². The van der Waals surface area contributed by atoms with Crippen LogP contribution in [0.5, 0.6) is 0 Å². The SMILES string of the molecule is CN(Cc1nccn1CC(F)(F)F)[C@H]1CCCC[C@H]1O. The summed E-state index contributed by atoms with van der Waals surface area (Å²) in [5.41, 5.74) is 0. The third-order valence-electron chi connectivity index (χ3n) is 3.80. The summed E-state index contributed by atoms with van der Waals surface area (Å²) in [6.07, 6.45) is 1.75. The summed E-state index contributed by atoms with van der Waals surface area (Å²) in [5.74, 6) is 0.377. The van der Waals surface area contributed by atoms with Crippen LogP contribution >= 0.6 is 0 Å². The second kappa shape index (κ2) is 6.13. The number of aromatic nitrogens is 2. The highest BCUT2D eigenvalue weighted by Gasteiger charge is 2.30. The van der Waals surface area contributed by atoms with Crippen LogP contribution in [0.25, 0.3) is 0 Å². The molecule has 0 saturated heterocycles. The molecule has 0 radical (unpaired) electrons. The normalized spacial score (nSPS) is 24.3. The topological polar surface area (TPSA) is 41.3 Å². The van der Waals surface area contributed by atoms with E-state index in [0.717, 1.165) is 30.3 Å². The van der Waals surface area contributed by atoms with Crippen LogP contribution in [0.4, 0.5) is 13.2 Å². The fourth-order valence-electron chi connectivity index (χ4n) is 2.77. The van der Waals surface area contributed by atoms with Gasteiger partial charge in [0.05, 0.1) is 12.6 Å². The highest BCUT2D eigenvalue weighted by molar-refractivity contribution is 4.94. The quantitative estimate of drug-likeness (QED) is 0.924. The van der Waals surface area contributed by atoms with Gasteiger partial charge in [0.25, 0.3) is 0 Å². The molecule has 1 saturated carbocycles. The van der Waals surface area contributed by atoms with E-state index in [9.17, 15) is 18.3 Å². The van der Waals surface area contributed by atoms with Gasteiger partial charge in [0.15, 0.2) is 0 Å². The van der Waals surface area contributed by atoms with Crippen LogP contribution in [0.3, 0.4) is 0 Å². The fourth-order valence-corrected chi connectivity index (χ4v) is 2.77. The Kier molecular flexibility index (Phi) is 4.70. The number of likely N-dealkylation sites (N-methyl/N-ethyl adjacent to an activating group) is 1. The van der Waals surface area contributed by atoms with Gasteiger partial charge in [0.2, 0.25) is 0 Å². The van der Waals surface area contributed by atoms with Gasteiger partial charge in [0.1, 0.15) is 12.4 Å². The standard InChI is InChI=1S/C13H20F3N3O/c1-18(10-4-2-3-5-11(10)20)8-12-17-6-7-19(12)9-13(14,15)16/h6-7,10-11,20H,2-5,8-9H2,1H3/t10-,11+/m0/s1. The van der Waals surface area contributed by atoms with Gasteiger partial charge in [-0.1, -0.05) is 12.8 Å². The molecule has 2 rings (SSSR count). The zero-order chi connectivity index (χ0) is 14.8. The van der Waals surface area contributed by atoms with Gasteiger partial charge in [-0.15, -0.1) is 0 Å². The lowest BCUT2D eigenvalue weighted by Crippen LogP contribution is -2.43. The lowest BCUT2D eigenvalue weighted by atomic mass is 9.91. The Hall–Kier alpha value is -1.08. The largest absolute Gasteiger partial charge is 0.406 e. The van der Waals surface area contributed by atoms with Crippen molar-refractivity contribution in [3.8, 4) is 0 Å². The van der Waals surface area contributed by atoms with E-state index in [-0.39, 0.29) is 6.04 Å². The van der Waals surface area contributed by atoms with Crippen LogP contribution in [0, 0.1) is 0 Å². The first-order chi connectivity index (χ1) is 9.37. The molecule has 0 amide bonds. The minimum atomic E-state index is -4.25. The molecule has 114 valence electrons. The van der Waals surface area contributed by atoms with Crippen molar-refractivity contribution in [2.45, 2.75) is 57.1 Å². The Balaban J connectivity index is 2.00. The van der Waals surface area contributed by atoms with Gasteiger partial charge in [-0.3, -0.25) is 4.90 Å². The van der Waals surface area contributed by atoms with Crippen LogP contribution in [0.2, 0.25) is 0 Å². The molecule has 2 atom stereocenters. The average molecular weight is 291 g/mol. The molecule has 0 aliphatic heterocycles. The number of halogens is 3. The second-order valence-electron chi connectivity index (χ2n) is 5.42. The monoisotopic (exact) mass is 291 g/mol. The number of rotatable bonds is 4. The summed E-state index contributed by atoms with van der Waals surface area (Å²) in [5, 5.41) is 9.97. The van der Waals surface area contributed by atoms with Crippen molar-refractivity contribution in [3.63, 3.8) is 0 Å². The molecule has 1 aliphatic rings. The number of hydrogen-bond acceptors (Lipinski definition) is 3. The molecule has 7 heteroatoms. The van der Waals surface area contributed by atoms with Crippen LogP contribution in [0.15, 0.2) is 12.4 Å². The molecule has 0 unspecified atom stereocenters. The van der Waals surface area contributed by atoms with E-state index in [1.54, 1.807) is 0 Å². The van der Waals surface area contributed by atoms with Crippen LogP contribution in [-0.4, -0.2) is 44.9 Å². The van der Waals surface area contributed by atoms with Crippen LogP contribution < -0.4 is 0 Å². The second-order valence-corrected chi connectivity index (χ2v) is 5.42. The number of alkyl halides is 3. The molecule has 0 bridgehead atoms. The Morgan fingerprint density at radius 3 is 2.75 bits per heavy atom. The van der Waals surface area contributed by atoms with Gasteiger partial charge in [-0.25, -0.2) is 4.98 Å². The molecular weight excluding hydrogens is 271 g/mol. The van der Waals surface area contributed by atoms with Crippen LogP contribution in [-0.2, 0) is 13.1 Å². The van der Waals surface area contributed by atoms with Crippen molar-refractivity contribution in [1.29, 1.82) is 0 Å². The molecular formula is C13H20F3N3O. The van der Waals surface area contributed by atoms with Crippen molar-refractivity contribution in [1.82, 2.24) is 14.5 Å². The maximum atomic E-state index is 12.5. The van der Waals surface area contributed by atoms with Gasteiger partial charge in [-0.2, -0.15) is 13.2 Å². The summed E-state index contributed by atoms with van der Waals surface area (Å²) in [6.45, 7) is -0.714. The predicted octanol–water partition coefficient (Wildman–Crippen LogP) is 2.18. The molecule has 1 aromatic rings. The van der Waals surface area contributed by atoms with Crippen molar-refractivity contribution < 1.29 is 18.3 Å². The van der Waals surface area contributed by atoms with Gasteiger partial charge in [-0.05, 0) is 19.9 Å². The highest BCUT2D eigenvalue weighted by Crippen LogP contribution is 2.24. The first kappa shape index (κ1) is 15.3. The summed E-state index contributed by atoms with van der Waals surface area (Å²) < 4.78 is 38.5. The highest BCUT2D eigenvalue weighted by atomic mass is 19.4. The smallest absolute Gasteiger partial charge is 0.391 e. The van der Waals surface area contributed by atoms with E-state index < -0.39 is 18.8 Å². The maximum Gasteiger partial charge on any atom is 0.406 e. The fraction of sp³-hybridized carbons (Fsp3) is 0.769. The molecule has 0 spiro atoms. The summed E-state index contributed by atoms with van der Waals surface area (Å²) >= 11 is 0. The van der Waals surface area contributed by atoms with Crippen LogP contribution in [0.1, 0.15) is 31.5 Å². The lowest BCUT2D eigenvalue weighted by molar-refractivity contribution is -0.141. The molecule has 1 N–H and O–H groups in total. The van der Waals surface area contributed by atoms with Crippen molar-refractivity contribution >= 4 is 0 Å². The van der Waals surface area contributed by atoms with E-state index in [2.05, 4.69) is 4.98 Å². The molecule has 1 aliphatic carbocycles. The lowest BCUT2D eigenvalue weighted by Gasteiger charge is -2.35. The summed E-state index contributed by atoms with van der Waals surface area (Å²) in [4.78, 5) is 5.90. The Morgan fingerprint density at radius 1 is 1.40 bits per heavy atom. The van der Waals surface area contributed by atoms with E-state index in [4.69, 9.17) is 0 Å². The van der Waals surface area contributed by atoms with Gasteiger partial charge < -0.3 is 9.67 Å². The Morgan fingerprint density at radius 2 is 2.10 bits per heavy atom. The number of aliphatic hydroxyl groups is 1. The third kappa shape index (κ3) is 3.96. The maximum absolute atomic E-state index is 12.5. The predicted molar refractivity (Wildman–Crippen MR) is 68.0 cm³/mol. The first-order valence-electron chi connectivity index (χ1n) is 6.82. The number of imidazole rings is 1. The van der Waals surface area contributed by atoms with Crippen molar-refractivity contribution in [2.75, 3.05) is 7.05 Å². The summed E-state index contributed by atoms with van der Waals surface area (Å²) in [6, 6.07) is -0.000197. The summed E-state index contributed by atoms with van der Waals surface area (Å²) in [7, 11) is 1.83. The number of aliphatic hydroxyl groups excluding tert-OH is 1. The minimum Gasteiger partial charge on any atom is -0.391 e. The zero-order valence-electron chi connectivity index (χ0n) is 11.5. The molecule has 4 nitrogen and oxygen atoms in total. The Labute approximate surface area is 116 Å². The molecule has 20 heavy (non-hydrogen) atoms. The Bertz CT molecular complexity index is 433. The molecule has 1 aromatic heterocycles. The molecule has 1 heterocycles. The number of hydrogen-bond donors (Lipinski definition) is 1. The molecule has 0 aromatic carbocycles. The van der Waals surface area contributed by atoms with Gasteiger partial charge >= 0.3 is 6.18 Å². The van der Waals surface area contributed by atoms with Crippen molar-refractivity contribution in [3.05, 3.63) is 18.2 Å². The van der Waals surface area contributed by atoms with E-state index in [1.165, 1.54) is 12.4 Å². The number of nitrogens with zero attached hydrogens (tertiary/aromatic N) is 3. The van der Waals surface area contributed by atoms with E-state index in [0.29, 0.717) is 12.4 Å². The first-order valence-corrected chi connectivity index (χ1v) is 6.82. The minimum absolute atomic E-state index is 0.000197. The van der Waals surface area contributed by atoms with Gasteiger partial charge in [0, 0.05) is 18.4 Å². The third-order valence-corrected chi connectivity index (χ3v) is 3.80. The van der Waals surface area contributed by atoms with E-state index >= 15 is 0 Å². The van der Waals surface area contributed by atoms with Crippen molar-refractivity contribution in [2.24, 2.45) is 0 Å². The zero-order valence-corrected chi connectivity index (χ0v) is 11.5. The molecule has 1 fully saturated rings. The average Bonchev–Trinajstić information content (AvgIpc) is 2.74.